The minimum atomic E-state index is -0.398. The van der Waals surface area contributed by atoms with Gasteiger partial charge in [-0.05, 0) is 37.0 Å². The van der Waals surface area contributed by atoms with E-state index in [-0.39, 0.29) is 29.3 Å². The van der Waals surface area contributed by atoms with Crippen molar-refractivity contribution < 1.29 is 23.5 Å². The zero-order valence-electron chi connectivity index (χ0n) is 14.2. The molecule has 1 aliphatic carbocycles. The molecule has 4 rings (SSSR count). The Balaban J connectivity index is 1.25. The van der Waals surface area contributed by atoms with Gasteiger partial charge in [-0.3, -0.25) is 4.79 Å². The molecule has 2 heterocycles. The molecule has 2 amide bonds. The first-order chi connectivity index (χ1) is 12.4. The van der Waals surface area contributed by atoms with Gasteiger partial charge in [-0.25, -0.2) is 9.18 Å². The molecule has 140 valence electrons. The topological polar surface area (TPSA) is 67.9 Å². The Hall–Kier alpha value is -1.86. The average molecular weight is 383 g/mol. The van der Waals surface area contributed by atoms with E-state index in [0.717, 1.165) is 12.0 Å². The number of nitrogens with zero attached hydrogens (tertiary/aromatic N) is 1. The van der Waals surface area contributed by atoms with E-state index in [0.29, 0.717) is 44.2 Å². The van der Waals surface area contributed by atoms with E-state index >= 15 is 0 Å². The summed E-state index contributed by atoms with van der Waals surface area (Å²) in [6.45, 7) is 1.85. The maximum Gasteiger partial charge on any atom is 0.407 e. The lowest BCUT2D eigenvalue weighted by molar-refractivity contribution is -0.140. The lowest BCUT2D eigenvalue weighted by atomic mass is 9.68. The number of hydrogen-bond acceptors (Lipinski definition) is 4. The van der Waals surface area contributed by atoms with Gasteiger partial charge >= 0.3 is 6.09 Å². The fourth-order valence-corrected chi connectivity index (χ4v) is 4.16. The first-order valence-electron chi connectivity index (χ1n) is 8.73. The number of alkyl carbamates (subject to hydrolysis) is 1. The van der Waals surface area contributed by atoms with Crippen LogP contribution in [0.1, 0.15) is 24.8 Å². The summed E-state index contributed by atoms with van der Waals surface area (Å²) in [6, 6.07) is 4.23. The molecule has 8 heteroatoms. The summed E-state index contributed by atoms with van der Waals surface area (Å²) in [5.41, 5.74) is 0.391. The number of carbonyl (C=O) groups excluding carboxylic acids is 2. The standard InChI is InChI=1S/C18H20ClFN2O4/c19-15-5-13(20)2-1-11(15)9-25-14-3-4-22(8-14)16(23)12-6-18(7-12)10-26-17(24)21-18/h1-2,5,12,14H,3-4,6-10H2,(H,21,24). The second kappa shape index (κ2) is 6.70. The van der Waals surface area contributed by atoms with Crippen LogP contribution in [0, 0.1) is 11.7 Å². The molecule has 0 bridgehead atoms. The van der Waals surface area contributed by atoms with Crippen LogP contribution in [0.15, 0.2) is 18.2 Å². The minimum absolute atomic E-state index is 0.0522. The van der Waals surface area contributed by atoms with E-state index in [1.165, 1.54) is 12.1 Å². The zero-order valence-corrected chi connectivity index (χ0v) is 14.9. The van der Waals surface area contributed by atoms with Gasteiger partial charge in [0, 0.05) is 24.0 Å². The number of hydrogen-bond donors (Lipinski definition) is 1. The summed E-state index contributed by atoms with van der Waals surface area (Å²) in [4.78, 5) is 25.6. The molecule has 3 fully saturated rings. The predicted octanol–water partition coefficient (Wildman–Crippen LogP) is 2.49. The molecule has 2 saturated heterocycles. The number of amides is 2. The normalized spacial score (nSPS) is 30.2. The van der Waals surface area contributed by atoms with Crippen molar-refractivity contribution in [3.05, 3.63) is 34.6 Å². The first kappa shape index (κ1) is 17.5. The molecule has 1 aromatic carbocycles. The van der Waals surface area contributed by atoms with Gasteiger partial charge in [-0.15, -0.1) is 0 Å². The van der Waals surface area contributed by atoms with Gasteiger partial charge in [0.15, 0.2) is 0 Å². The van der Waals surface area contributed by atoms with Crippen molar-refractivity contribution in [3.63, 3.8) is 0 Å². The Bertz CT molecular complexity index is 738. The van der Waals surface area contributed by atoms with Crippen LogP contribution in [-0.4, -0.2) is 48.2 Å². The summed E-state index contributed by atoms with van der Waals surface area (Å²) >= 11 is 6.01. The number of ether oxygens (including phenoxy) is 2. The number of rotatable bonds is 4. The quantitative estimate of drug-likeness (QED) is 0.868. The van der Waals surface area contributed by atoms with Gasteiger partial charge < -0.3 is 19.7 Å². The lowest BCUT2D eigenvalue weighted by Crippen LogP contribution is -2.58. The number of benzene rings is 1. The Morgan fingerprint density at radius 3 is 2.96 bits per heavy atom. The van der Waals surface area contributed by atoms with Crippen LogP contribution in [0.3, 0.4) is 0 Å². The third-order valence-electron chi connectivity index (χ3n) is 5.42. The van der Waals surface area contributed by atoms with Crippen LogP contribution >= 0.6 is 11.6 Å². The third-order valence-corrected chi connectivity index (χ3v) is 5.77. The summed E-state index contributed by atoms with van der Waals surface area (Å²) < 4.78 is 23.9. The average Bonchev–Trinajstić information content (AvgIpc) is 3.19. The van der Waals surface area contributed by atoms with Gasteiger partial charge in [0.1, 0.15) is 12.4 Å². The van der Waals surface area contributed by atoms with Gasteiger partial charge in [-0.2, -0.15) is 0 Å². The van der Waals surface area contributed by atoms with Crippen molar-refractivity contribution >= 4 is 23.6 Å². The van der Waals surface area contributed by atoms with Crippen molar-refractivity contribution in [2.75, 3.05) is 19.7 Å². The predicted molar refractivity (Wildman–Crippen MR) is 91.1 cm³/mol. The maximum absolute atomic E-state index is 13.1. The Morgan fingerprint density at radius 2 is 2.27 bits per heavy atom. The monoisotopic (exact) mass is 382 g/mol. The first-order valence-corrected chi connectivity index (χ1v) is 9.11. The number of likely N-dealkylation sites (tertiary alicyclic amines) is 1. The molecular formula is C18H20ClFN2O4. The highest BCUT2D eigenvalue weighted by atomic mass is 35.5. The zero-order chi connectivity index (χ0) is 18.3. The van der Waals surface area contributed by atoms with Crippen LogP contribution in [0.25, 0.3) is 0 Å². The Morgan fingerprint density at radius 1 is 1.46 bits per heavy atom. The van der Waals surface area contributed by atoms with Gasteiger partial charge in [-0.1, -0.05) is 17.7 Å². The van der Waals surface area contributed by atoms with Gasteiger partial charge in [0.05, 0.1) is 18.2 Å². The molecule has 0 radical (unpaired) electrons. The second-order valence-electron chi connectivity index (χ2n) is 7.33. The van der Waals surface area contributed by atoms with E-state index in [4.69, 9.17) is 21.1 Å². The fourth-order valence-electron chi connectivity index (χ4n) is 3.94. The summed E-state index contributed by atoms with van der Waals surface area (Å²) in [6.07, 6.45) is 1.58. The summed E-state index contributed by atoms with van der Waals surface area (Å²) in [5, 5.41) is 3.15. The van der Waals surface area contributed by atoms with E-state index in [2.05, 4.69) is 5.32 Å². The van der Waals surface area contributed by atoms with E-state index in [1.54, 1.807) is 6.07 Å². The Labute approximate surface area is 155 Å². The number of cyclic esters (lactones) is 1. The van der Waals surface area contributed by atoms with E-state index in [1.807, 2.05) is 4.90 Å². The second-order valence-corrected chi connectivity index (χ2v) is 7.74. The molecule has 1 aromatic rings. The molecule has 2 aliphatic heterocycles. The highest BCUT2D eigenvalue weighted by molar-refractivity contribution is 6.31. The SMILES string of the molecule is O=C1NC2(CO1)CC(C(=O)N1CCC(OCc3ccc(F)cc3Cl)C1)C2. The number of halogens is 2. The van der Waals surface area contributed by atoms with Gasteiger partial charge in [0.2, 0.25) is 5.91 Å². The fraction of sp³-hybridized carbons (Fsp3) is 0.556. The molecule has 3 aliphatic rings. The van der Waals surface area contributed by atoms with Crippen molar-refractivity contribution in [3.8, 4) is 0 Å². The third kappa shape index (κ3) is 3.38. The molecule has 1 N–H and O–H groups in total. The van der Waals surface area contributed by atoms with Crippen molar-refractivity contribution in [1.82, 2.24) is 10.2 Å². The van der Waals surface area contributed by atoms with Crippen molar-refractivity contribution in [1.29, 1.82) is 0 Å². The molecule has 1 spiro atoms. The van der Waals surface area contributed by atoms with Crippen LogP contribution in [0.5, 0.6) is 0 Å². The number of nitrogens with one attached hydrogen (secondary N) is 1. The smallest absolute Gasteiger partial charge is 0.407 e. The van der Waals surface area contributed by atoms with Crippen LogP contribution < -0.4 is 5.32 Å². The molecule has 1 atom stereocenters. The molecule has 0 aromatic heterocycles. The Kier molecular flexibility index (Phi) is 4.52. The molecule has 1 unspecified atom stereocenters. The minimum Gasteiger partial charge on any atom is -0.447 e. The maximum atomic E-state index is 13.1. The van der Waals surface area contributed by atoms with Crippen LogP contribution in [0.4, 0.5) is 9.18 Å². The van der Waals surface area contributed by atoms with Crippen molar-refractivity contribution in [2.24, 2.45) is 5.92 Å². The molecule has 6 nitrogen and oxygen atoms in total. The van der Waals surface area contributed by atoms with E-state index in [9.17, 15) is 14.0 Å². The lowest BCUT2D eigenvalue weighted by Gasteiger charge is -2.43. The number of carbonyl (C=O) groups is 2. The molecule has 1 saturated carbocycles. The highest BCUT2D eigenvalue weighted by Gasteiger charge is 2.53. The molecule has 26 heavy (non-hydrogen) atoms. The van der Waals surface area contributed by atoms with Crippen LogP contribution in [-0.2, 0) is 20.9 Å². The largest absolute Gasteiger partial charge is 0.447 e. The summed E-state index contributed by atoms with van der Waals surface area (Å²) in [5.74, 6) is -0.330. The highest BCUT2D eigenvalue weighted by Crippen LogP contribution is 2.41. The van der Waals surface area contributed by atoms with Crippen LogP contribution in [0.2, 0.25) is 5.02 Å². The molecular weight excluding hydrogens is 363 g/mol. The van der Waals surface area contributed by atoms with Crippen molar-refractivity contribution in [2.45, 2.75) is 37.5 Å². The van der Waals surface area contributed by atoms with Gasteiger partial charge in [0.25, 0.3) is 0 Å². The van der Waals surface area contributed by atoms with E-state index < -0.39 is 6.09 Å². The summed E-state index contributed by atoms with van der Waals surface area (Å²) in [7, 11) is 0.